The van der Waals surface area contributed by atoms with Gasteiger partial charge in [0.2, 0.25) is 5.16 Å². The minimum atomic E-state index is -2.98. The third-order valence-electron chi connectivity index (χ3n) is 4.91. The highest BCUT2D eigenvalue weighted by molar-refractivity contribution is 7.99. The smallest absolute Gasteiger partial charge is 0.209 e. The SMILES string of the molecule is Cc1cc(C(=O)CSc2n[nH]c(-c3cccs3)n2)c(C)n1[C@H]1CCS(=O)(=O)C1. The van der Waals surface area contributed by atoms with E-state index in [9.17, 15) is 13.2 Å². The van der Waals surface area contributed by atoms with Crippen molar-refractivity contribution in [1.29, 1.82) is 0 Å². The zero-order valence-corrected chi connectivity index (χ0v) is 18.0. The number of aryl methyl sites for hydroxylation is 1. The molecule has 7 nitrogen and oxygen atoms in total. The van der Waals surface area contributed by atoms with Crippen LogP contribution in [-0.2, 0) is 9.84 Å². The van der Waals surface area contributed by atoms with E-state index >= 15 is 0 Å². The van der Waals surface area contributed by atoms with Crippen LogP contribution in [0.4, 0.5) is 0 Å². The number of nitrogens with one attached hydrogen (secondary N) is 1. The Labute approximate surface area is 171 Å². The van der Waals surface area contributed by atoms with Gasteiger partial charge in [-0.25, -0.2) is 13.4 Å². The van der Waals surface area contributed by atoms with E-state index in [0.717, 1.165) is 16.3 Å². The summed E-state index contributed by atoms with van der Waals surface area (Å²) in [6.45, 7) is 3.81. The molecule has 10 heteroatoms. The highest BCUT2D eigenvalue weighted by atomic mass is 32.2. The molecule has 1 atom stereocenters. The lowest BCUT2D eigenvalue weighted by Crippen LogP contribution is -2.14. The van der Waals surface area contributed by atoms with Crippen LogP contribution in [0.25, 0.3) is 10.7 Å². The maximum atomic E-state index is 12.8. The molecule has 0 bridgehead atoms. The second-order valence-electron chi connectivity index (χ2n) is 6.87. The third kappa shape index (κ3) is 3.81. The molecule has 4 rings (SSSR count). The minimum Gasteiger partial charge on any atom is -0.344 e. The zero-order chi connectivity index (χ0) is 19.9. The largest absolute Gasteiger partial charge is 0.344 e. The van der Waals surface area contributed by atoms with Crippen molar-refractivity contribution in [3.05, 3.63) is 40.5 Å². The van der Waals surface area contributed by atoms with E-state index in [1.165, 1.54) is 11.8 Å². The van der Waals surface area contributed by atoms with Gasteiger partial charge in [0, 0.05) is 23.0 Å². The first-order valence-corrected chi connectivity index (χ1v) is 12.5. The van der Waals surface area contributed by atoms with Crippen molar-refractivity contribution in [3.8, 4) is 10.7 Å². The Morgan fingerprint density at radius 3 is 2.93 bits per heavy atom. The summed E-state index contributed by atoms with van der Waals surface area (Å²) in [6, 6.07) is 5.69. The van der Waals surface area contributed by atoms with Crippen molar-refractivity contribution in [3.63, 3.8) is 0 Å². The van der Waals surface area contributed by atoms with E-state index < -0.39 is 9.84 Å². The molecule has 1 aliphatic rings. The topological polar surface area (TPSA) is 97.7 Å². The van der Waals surface area contributed by atoms with Gasteiger partial charge in [0.25, 0.3) is 0 Å². The van der Waals surface area contributed by atoms with E-state index in [4.69, 9.17) is 0 Å². The monoisotopic (exact) mass is 436 g/mol. The van der Waals surface area contributed by atoms with Crippen molar-refractivity contribution in [2.45, 2.75) is 31.5 Å². The summed E-state index contributed by atoms with van der Waals surface area (Å²) in [4.78, 5) is 18.2. The first-order chi connectivity index (χ1) is 13.3. The number of aromatic amines is 1. The molecule has 4 heterocycles. The zero-order valence-electron chi connectivity index (χ0n) is 15.5. The Morgan fingerprint density at radius 1 is 1.43 bits per heavy atom. The predicted molar refractivity (Wildman–Crippen MR) is 111 cm³/mol. The number of hydrogen-bond acceptors (Lipinski definition) is 7. The van der Waals surface area contributed by atoms with Crippen molar-refractivity contribution < 1.29 is 13.2 Å². The van der Waals surface area contributed by atoms with Crippen LogP contribution in [0.1, 0.15) is 34.2 Å². The molecule has 148 valence electrons. The Morgan fingerprint density at radius 2 is 2.25 bits per heavy atom. The van der Waals surface area contributed by atoms with Crippen LogP contribution >= 0.6 is 23.1 Å². The van der Waals surface area contributed by atoms with Gasteiger partial charge in [-0.1, -0.05) is 17.8 Å². The van der Waals surface area contributed by atoms with Crippen LogP contribution in [0.15, 0.2) is 28.7 Å². The molecule has 0 radical (unpaired) electrons. The number of thiophene rings is 1. The molecule has 0 amide bonds. The Kier molecular flexibility index (Phi) is 5.19. The Hall–Kier alpha value is -1.91. The summed E-state index contributed by atoms with van der Waals surface area (Å²) in [5.74, 6) is 1.28. The van der Waals surface area contributed by atoms with Crippen LogP contribution in [-0.4, -0.2) is 51.2 Å². The number of ketones is 1. The molecule has 1 saturated heterocycles. The molecule has 0 unspecified atom stereocenters. The second-order valence-corrected chi connectivity index (χ2v) is 11.0. The van der Waals surface area contributed by atoms with Gasteiger partial charge in [-0.2, -0.15) is 0 Å². The number of nitrogens with zero attached hydrogens (tertiary/aromatic N) is 3. The fraction of sp³-hybridized carbons (Fsp3) is 0.389. The number of aromatic nitrogens is 4. The lowest BCUT2D eigenvalue weighted by molar-refractivity contribution is 0.102. The first kappa shape index (κ1) is 19.4. The summed E-state index contributed by atoms with van der Waals surface area (Å²) in [7, 11) is -2.98. The van der Waals surface area contributed by atoms with Gasteiger partial charge in [-0.3, -0.25) is 9.89 Å². The van der Waals surface area contributed by atoms with E-state index in [0.29, 0.717) is 23.0 Å². The average Bonchev–Trinajstić information content (AvgIpc) is 3.40. The number of H-pyrrole nitrogens is 1. The first-order valence-electron chi connectivity index (χ1n) is 8.85. The highest BCUT2D eigenvalue weighted by Gasteiger charge is 2.31. The van der Waals surface area contributed by atoms with E-state index in [-0.39, 0.29) is 29.1 Å². The van der Waals surface area contributed by atoms with Gasteiger partial charge < -0.3 is 4.57 Å². The molecule has 1 N–H and O–H groups in total. The van der Waals surface area contributed by atoms with Crippen LogP contribution in [0.2, 0.25) is 0 Å². The molecule has 0 spiro atoms. The maximum absolute atomic E-state index is 12.8. The number of thioether (sulfide) groups is 1. The number of carbonyl (C=O) groups excluding carboxylic acids is 1. The molecular weight excluding hydrogens is 416 g/mol. The Balaban J connectivity index is 1.46. The quantitative estimate of drug-likeness (QED) is 0.470. The van der Waals surface area contributed by atoms with Crippen molar-refractivity contribution in [2.75, 3.05) is 17.3 Å². The van der Waals surface area contributed by atoms with E-state index in [1.807, 2.05) is 42.0 Å². The maximum Gasteiger partial charge on any atom is 0.209 e. The summed E-state index contributed by atoms with van der Waals surface area (Å²) in [6.07, 6.45) is 0.601. The standard InChI is InChI=1S/C18H20N4O3S3/c1-11-8-14(12(2)22(11)13-5-7-28(24,25)10-13)15(23)9-27-18-19-17(20-21-18)16-4-3-6-26-16/h3-4,6,8,13H,5,7,9-10H2,1-2H3,(H,19,20,21)/t13-/m0/s1. The second kappa shape index (κ2) is 7.49. The predicted octanol–water partition coefficient (Wildman–Crippen LogP) is 3.29. The highest BCUT2D eigenvalue weighted by Crippen LogP contribution is 2.30. The number of sulfone groups is 1. The Bertz CT molecular complexity index is 1110. The minimum absolute atomic E-state index is 0.00678. The van der Waals surface area contributed by atoms with E-state index in [2.05, 4.69) is 15.2 Å². The number of Topliss-reactive ketones (excluding diaryl/α,β-unsaturated/α-hetero) is 1. The summed E-state index contributed by atoms with van der Waals surface area (Å²) < 4.78 is 25.7. The van der Waals surface area contributed by atoms with Gasteiger partial charge >= 0.3 is 0 Å². The average molecular weight is 437 g/mol. The molecule has 1 aliphatic heterocycles. The molecule has 0 aliphatic carbocycles. The molecular formula is C18H20N4O3S3. The van der Waals surface area contributed by atoms with Crippen LogP contribution in [0.5, 0.6) is 0 Å². The third-order valence-corrected chi connectivity index (χ3v) is 8.38. The number of rotatable bonds is 6. The number of carbonyl (C=O) groups is 1. The molecule has 0 saturated carbocycles. The lowest BCUT2D eigenvalue weighted by atomic mass is 10.2. The summed E-state index contributed by atoms with van der Waals surface area (Å²) in [5, 5.41) is 9.58. The van der Waals surface area contributed by atoms with Crippen LogP contribution in [0, 0.1) is 13.8 Å². The molecule has 3 aromatic heterocycles. The van der Waals surface area contributed by atoms with Gasteiger partial charge in [0.1, 0.15) is 0 Å². The fourth-order valence-electron chi connectivity index (χ4n) is 3.64. The molecule has 28 heavy (non-hydrogen) atoms. The van der Waals surface area contributed by atoms with Gasteiger partial charge in [-0.05, 0) is 37.8 Å². The fourth-order valence-corrected chi connectivity index (χ4v) is 6.69. The lowest BCUT2D eigenvalue weighted by Gasteiger charge is -2.16. The van der Waals surface area contributed by atoms with Crippen molar-refractivity contribution >= 4 is 38.7 Å². The van der Waals surface area contributed by atoms with E-state index in [1.54, 1.807) is 11.3 Å². The molecule has 3 aromatic rings. The van der Waals surface area contributed by atoms with Gasteiger partial charge in [-0.15, -0.1) is 16.4 Å². The van der Waals surface area contributed by atoms with Gasteiger partial charge in [0.05, 0.1) is 22.1 Å². The molecule has 1 fully saturated rings. The summed E-state index contributed by atoms with van der Waals surface area (Å²) >= 11 is 2.87. The summed E-state index contributed by atoms with van der Waals surface area (Å²) in [5.41, 5.74) is 2.40. The van der Waals surface area contributed by atoms with Crippen LogP contribution < -0.4 is 0 Å². The van der Waals surface area contributed by atoms with Crippen LogP contribution in [0.3, 0.4) is 0 Å². The number of hydrogen-bond donors (Lipinski definition) is 1. The van der Waals surface area contributed by atoms with Crippen molar-refractivity contribution in [1.82, 2.24) is 19.7 Å². The van der Waals surface area contributed by atoms with Crippen molar-refractivity contribution in [2.24, 2.45) is 0 Å². The molecule has 0 aromatic carbocycles. The van der Waals surface area contributed by atoms with Gasteiger partial charge in [0.15, 0.2) is 21.4 Å². The normalized spacial score (nSPS) is 18.6.